The van der Waals surface area contributed by atoms with Gasteiger partial charge in [-0.1, -0.05) is 55.5 Å². The predicted octanol–water partition coefficient (Wildman–Crippen LogP) is 4.26. The number of ether oxygens (including phenoxy) is 1. The molecule has 1 aliphatic carbocycles. The average molecular weight is 465 g/mol. The van der Waals surface area contributed by atoms with E-state index in [0.717, 1.165) is 22.3 Å². The van der Waals surface area contributed by atoms with E-state index in [1.165, 1.54) is 0 Å². The van der Waals surface area contributed by atoms with Crippen LogP contribution in [-0.2, 0) is 14.3 Å². The first kappa shape index (κ1) is 23.8. The summed E-state index contributed by atoms with van der Waals surface area (Å²) in [7, 11) is 0. The lowest BCUT2D eigenvalue weighted by Crippen LogP contribution is -2.50. The van der Waals surface area contributed by atoms with Crippen molar-refractivity contribution in [2.45, 2.75) is 45.6 Å². The number of aliphatic carboxylic acids is 1. The Hall–Kier alpha value is -3.35. The SMILES string of the molecule is CCC(C)(CNC(=O)OCC1c2ccccc2-c2ccccc21)C(=O)N1CCC(C(=O)O)C1C. The molecule has 1 heterocycles. The predicted molar refractivity (Wildman–Crippen MR) is 128 cm³/mol. The Morgan fingerprint density at radius 3 is 2.21 bits per heavy atom. The van der Waals surface area contributed by atoms with Gasteiger partial charge in [0.2, 0.25) is 5.91 Å². The fourth-order valence-electron chi connectivity index (χ4n) is 5.17. The van der Waals surface area contributed by atoms with Gasteiger partial charge in [0.05, 0.1) is 11.3 Å². The van der Waals surface area contributed by atoms with Gasteiger partial charge in [-0.25, -0.2) is 4.79 Å². The number of carbonyl (C=O) groups is 3. The van der Waals surface area contributed by atoms with Gasteiger partial charge in [0, 0.05) is 25.0 Å². The first-order valence-corrected chi connectivity index (χ1v) is 11.9. The quantitative estimate of drug-likeness (QED) is 0.638. The number of hydrogen-bond donors (Lipinski definition) is 2. The van der Waals surface area contributed by atoms with Gasteiger partial charge < -0.3 is 20.1 Å². The molecule has 0 bridgehead atoms. The zero-order valence-corrected chi connectivity index (χ0v) is 19.9. The summed E-state index contributed by atoms with van der Waals surface area (Å²) in [5.74, 6) is -1.60. The molecule has 1 aliphatic heterocycles. The number of likely N-dealkylation sites (tertiary alicyclic amines) is 1. The molecule has 3 atom stereocenters. The molecule has 2 N–H and O–H groups in total. The van der Waals surface area contributed by atoms with E-state index in [9.17, 15) is 19.5 Å². The summed E-state index contributed by atoms with van der Waals surface area (Å²) >= 11 is 0. The van der Waals surface area contributed by atoms with Gasteiger partial charge in [-0.15, -0.1) is 0 Å². The topological polar surface area (TPSA) is 95.9 Å². The number of rotatable bonds is 7. The van der Waals surface area contributed by atoms with Gasteiger partial charge in [0.25, 0.3) is 0 Å². The van der Waals surface area contributed by atoms with Gasteiger partial charge in [0.15, 0.2) is 0 Å². The van der Waals surface area contributed by atoms with Crippen molar-refractivity contribution in [1.82, 2.24) is 10.2 Å². The van der Waals surface area contributed by atoms with Crippen molar-refractivity contribution in [2.24, 2.45) is 11.3 Å². The summed E-state index contributed by atoms with van der Waals surface area (Å²) in [4.78, 5) is 39.0. The van der Waals surface area contributed by atoms with Crippen LogP contribution in [0.1, 0.15) is 50.7 Å². The third-order valence-electron chi connectivity index (χ3n) is 7.60. The van der Waals surface area contributed by atoms with Crippen molar-refractivity contribution in [2.75, 3.05) is 19.7 Å². The Kier molecular flexibility index (Phi) is 6.64. The highest BCUT2D eigenvalue weighted by molar-refractivity contribution is 5.85. The largest absolute Gasteiger partial charge is 0.481 e. The van der Waals surface area contributed by atoms with E-state index < -0.39 is 23.4 Å². The van der Waals surface area contributed by atoms with Crippen LogP contribution in [0.25, 0.3) is 11.1 Å². The average Bonchev–Trinajstić information content (AvgIpc) is 3.38. The van der Waals surface area contributed by atoms with Crippen LogP contribution in [0.2, 0.25) is 0 Å². The molecule has 0 saturated carbocycles. The Morgan fingerprint density at radius 2 is 1.68 bits per heavy atom. The van der Waals surface area contributed by atoms with Crippen LogP contribution in [0.4, 0.5) is 4.79 Å². The van der Waals surface area contributed by atoms with E-state index >= 15 is 0 Å². The van der Waals surface area contributed by atoms with Crippen LogP contribution in [0.5, 0.6) is 0 Å². The number of benzene rings is 2. The van der Waals surface area contributed by atoms with Gasteiger partial charge in [-0.2, -0.15) is 0 Å². The number of nitrogens with zero attached hydrogens (tertiary/aromatic N) is 1. The monoisotopic (exact) mass is 464 g/mol. The number of fused-ring (bicyclic) bond motifs is 3. The van der Waals surface area contributed by atoms with Crippen LogP contribution in [-0.4, -0.2) is 53.7 Å². The number of carboxylic acid groups (broad SMARTS) is 1. The summed E-state index contributed by atoms with van der Waals surface area (Å²) in [6.45, 7) is 6.23. The molecule has 0 aromatic heterocycles. The summed E-state index contributed by atoms with van der Waals surface area (Å²) in [5, 5.41) is 12.2. The molecule has 4 rings (SSSR count). The normalized spacial score (nSPS) is 20.9. The van der Waals surface area contributed by atoms with Crippen molar-refractivity contribution in [3.05, 3.63) is 59.7 Å². The molecular formula is C27H32N2O5. The number of alkyl carbamates (subject to hydrolysis) is 1. The van der Waals surface area contributed by atoms with Crippen molar-refractivity contribution >= 4 is 18.0 Å². The molecule has 2 amide bonds. The summed E-state index contributed by atoms with van der Waals surface area (Å²) in [6, 6.07) is 15.9. The lowest BCUT2D eigenvalue weighted by Gasteiger charge is -2.34. The maximum Gasteiger partial charge on any atom is 0.407 e. The first-order chi connectivity index (χ1) is 16.3. The van der Waals surface area contributed by atoms with Crippen molar-refractivity contribution < 1.29 is 24.2 Å². The second-order valence-corrected chi connectivity index (χ2v) is 9.57. The summed E-state index contributed by atoms with van der Waals surface area (Å²) in [6.07, 6.45) is 0.394. The molecule has 3 unspecified atom stereocenters. The fourth-order valence-corrected chi connectivity index (χ4v) is 5.17. The minimum atomic E-state index is -0.877. The third-order valence-corrected chi connectivity index (χ3v) is 7.60. The van der Waals surface area contributed by atoms with E-state index in [-0.39, 0.29) is 31.0 Å². The highest BCUT2D eigenvalue weighted by atomic mass is 16.5. The Balaban J connectivity index is 1.37. The maximum absolute atomic E-state index is 13.3. The lowest BCUT2D eigenvalue weighted by molar-refractivity contribution is -0.145. The van der Waals surface area contributed by atoms with E-state index in [1.807, 2.05) is 31.2 Å². The smallest absolute Gasteiger partial charge is 0.407 e. The number of hydrogen-bond acceptors (Lipinski definition) is 4. The molecular weight excluding hydrogens is 432 g/mol. The molecule has 2 aromatic rings. The van der Waals surface area contributed by atoms with Crippen LogP contribution >= 0.6 is 0 Å². The zero-order valence-electron chi connectivity index (χ0n) is 19.9. The molecule has 180 valence electrons. The molecule has 2 aliphatic rings. The van der Waals surface area contributed by atoms with Crippen molar-refractivity contribution in [1.29, 1.82) is 0 Å². The molecule has 0 spiro atoms. The summed E-state index contributed by atoms with van der Waals surface area (Å²) in [5.41, 5.74) is 3.77. The Morgan fingerprint density at radius 1 is 1.09 bits per heavy atom. The van der Waals surface area contributed by atoms with E-state index in [0.29, 0.717) is 19.4 Å². The summed E-state index contributed by atoms with van der Waals surface area (Å²) < 4.78 is 5.60. The molecule has 1 saturated heterocycles. The lowest BCUT2D eigenvalue weighted by atomic mass is 9.85. The van der Waals surface area contributed by atoms with Crippen LogP contribution < -0.4 is 5.32 Å². The number of carbonyl (C=O) groups excluding carboxylic acids is 2. The molecule has 7 nitrogen and oxygen atoms in total. The minimum absolute atomic E-state index is 0.0317. The third kappa shape index (κ3) is 4.27. The number of nitrogens with one attached hydrogen (secondary N) is 1. The van der Waals surface area contributed by atoms with Crippen molar-refractivity contribution in [3.8, 4) is 11.1 Å². The van der Waals surface area contributed by atoms with Gasteiger partial charge in [-0.3, -0.25) is 9.59 Å². The fraction of sp³-hybridized carbons (Fsp3) is 0.444. The van der Waals surface area contributed by atoms with E-state index in [2.05, 4.69) is 29.6 Å². The Bertz CT molecular complexity index is 1050. The van der Waals surface area contributed by atoms with Crippen molar-refractivity contribution in [3.63, 3.8) is 0 Å². The molecule has 7 heteroatoms. The van der Waals surface area contributed by atoms with Crippen LogP contribution in [0.15, 0.2) is 48.5 Å². The highest BCUT2D eigenvalue weighted by Gasteiger charge is 2.44. The van der Waals surface area contributed by atoms with E-state index in [1.54, 1.807) is 18.7 Å². The first-order valence-electron chi connectivity index (χ1n) is 11.9. The molecule has 1 fully saturated rings. The number of carboxylic acids is 1. The zero-order chi connectivity index (χ0) is 24.5. The van der Waals surface area contributed by atoms with Gasteiger partial charge >= 0.3 is 12.1 Å². The highest BCUT2D eigenvalue weighted by Crippen LogP contribution is 2.44. The Labute approximate surface area is 200 Å². The van der Waals surface area contributed by atoms with Gasteiger partial charge in [0.1, 0.15) is 6.61 Å². The van der Waals surface area contributed by atoms with Crippen LogP contribution in [0, 0.1) is 11.3 Å². The standard InChI is InChI=1S/C27H32N2O5/c1-4-27(3,25(32)29-14-13-18(17(29)2)24(30)31)16-28-26(33)34-15-23-21-11-7-5-9-19(21)20-10-6-8-12-22(20)23/h5-12,17-18,23H,4,13-16H2,1-3H3,(H,28,33)(H,30,31). The van der Waals surface area contributed by atoms with Crippen LogP contribution in [0.3, 0.4) is 0 Å². The molecule has 34 heavy (non-hydrogen) atoms. The molecule has 2 aromatic carbocycles. The second kappa shape index (κ2) is 9.49. The maximum atomic E-state index is 13.3. The van der Waals surface area contributed by atoms with Gasteiger partial charge in [-0.05, 0) is 48.9 Å². The number of amides is 2. The van der Waals surface area contributed by atoms with E-state index in [4.69, 9.17) is 4.74 Å². The molecule has 0 radical (unpaired) electrons. The minimum Gasteiger partial charge on any atom is -0.481 e. The second-order valence-electron chi connectivity index (χ2n) is 9.57.